The summed E-state index contributed by atoms with van der Waals surface area (Å²) in [6.07, 6.45) is 7.00. The molecule has 0 bridgehead atoms. The summed E-state index contributed by atoms with van der Waals surface area (Å²) in [7, 11) is 1.89. The van der Waals surface area contributed by atoms with Crippen molar-refractivity contribution in [2.24, 2.45) is 0 Å². The van der Waals surface area contributed by atoms with Crippen LogP contribution >= 0.6 is 0 Å². The third kappa shape index (κ3) is 6.51. The van der Waals surface area contributed by atoms with Crippen molar-refractivity contribution in [2.45, 2.75) is 50.8 Å². The Morgan fingerprint density at radius 2 is 1.69 bits per heavy atom. The third-order valence-corrected chi connectivity index (χ3v) is 7.08. The first kappa shape index (κ1) is 23.6. The third-order valence-electron chi connectivity index (χ3n) is 7.08. The van der Waals surface area contributed by atoms with E-state index in [1.54, 1.807) is 0 Å². The number of oxazole rings is 1. The fourth-order valence-corrected chi connectivity index (χ4v) is 5.06. The van der Waals surface area contributed by atoms with Gasteiger partial charge >= 0.3 is 0 Å². The topological polar surface area (TPSA) is 85.5 Å². The molecular weight excluding hydrogens is 410 g/mol. The second-order valence-corrected chi connectivity index (χ2v) is 9.48. The van der Waals surface area contributed by atoms with Crippen LogP contribution in [0.3, 0.4) is 0 Å². The van der Waals surface area contributed by atoms with Crippen molar-refractivity contribution in [2.75, 3.05) is 72.6 Å². The quantitative estimate of drug-likeness (QED) is 0.626. The fraction of sp³-hybridized carbons (Fsp3) is 0.826. The van der Waals surface area contributed by atoms with Crippen LogP contribution in [0.15, 0.2) is 10.7 Å². The van der Waals surface area contributed by atoms with E-state index in [4.69, 9.17) is 9.15 Å². The minimum absolute atomic E-state index is 0.0361. The molecule has 9 nitrogen and oxygen atoms in total. The highest BCUT2D eigenvalue weighted by Gasteiger charge is 2.26. The van der Waals surface area contributed by atoms with E-state index < -0.39 is 0 Å². The van der Waals surface area contributed by atoms with E-state index >= 15 is 0 Å². The smallest absolute Gasteiger partial charge is 0.275 e. The zero-order valence-corrected chi connectivity index (χ0v) is 19.5. The van der Waals surface area contributed by atoms with Crippen LogP contribution in [0.1, 0.15) is 48.5 Å². The molecule has 1 aliphatic carbocycles. The second-order valence-electron chi connectivity index (χ2n) is 9.48. The molecule has 3 aliphatic rings. The first-order valence-corrected chi connectivity index (χ1v) is 12.2. The van der Waals surface area contributed by atoms with Crippen LogP contribution in [-0.2, 0) is 11.3 Å². The average molecular weight is 450 g/mol. The molecule has 1 aromatic heterocycles. The molecule has 2 saturated heterocycles. The van der Waals surface area contributed by atoms with Crippen LogP contribution in [0.5, 0.6) is 0 Å². The highest BCUT2D eigenvalue weighted by molar-refractivity contribution is 5.92. The number of β-amino-alcohol motifs (C(OH)–C–C–N with tert-alkyl or cyclic N) is 1. The number of aliphatic hydroxyl groups excluding tert-OH is 1. The van der Waals surface area contributed by atoms with Gasteiger partial charge in [0.05, 0.1) is 25.9 Å². The van der Waals surface area contributed by atoms with Crippen molar-refractivity contribution >= 4 is 5.91 Å². The summed E-state index contributed by atoms with van der Waals surface area (Å²) in [4.78, 5) is 26.0. The molecular formula is C23H39N5O4. The summed E-state index contributed by atoms with van der Waals surface area (Å²) >= 11 is 0. The molecule has 1 unspecified atom stereocenters. The number of carbonyl (C=O) groups is 1. The van der Waals surface area contributed by atoms with Gasteiger partial charge in [-0.1, -0.05) is 19.3 Å². The summed E-state index contributed by atoms with van der Waals surface area (Å²) in [5.41, 5.74) is 0.415. The number of rotatable bonds is 8. The van der Waals surface area contributed by atoms with Gasteiger partial charge in [-0.25, -0.2) is 4.98 Å². The number of aromatic nitrogens is 1. The summed E-state index contributed by atoms with van der Waals surface area (Å²) in [6, 6.07) is 0.322. The Labute approximate surface area is 191 Å². The predicted octanol–water partition coefficient (Wildman–Crippen LogP) is 0.890. The van der Waals surface area contributed by atoms with Gasteiger partial charge in [-0.2, -0.15) is 0 Å². The number of hydrogen-bond donors (Lipinski definition) is 1. The van der Waals surface area contributed by atoms with Gasteiger partial charge in [-0.15, -0.1) is 0 Å². The van der Waals surface area contributed by atoms with Gasteiger partial charge in [0.1, 0.15) is 6.26 Å². The van der Waals surface area contributed by atoms with E-state index in [9.17, 15) is 9.90 Å². The monoisotopic (exact) mass is 449 g/mol. The molecule has 1 saturated carbocycles. The van der Waals surface area contributed by atoms with Crippen molar-refractivity contribution in [3.63, 3.8) is 0 Å². The molecule has 32 heavy (non-hydrogen) atoms. The van der Waals surface area contributed by atoms with E-state index in [-0.39, 0.29) is 12.0 Å². The summed E-state index contributed by atoms with van der Waals surface area (Å²) in [5.74, 6) is 0.567. The van der Waals surface area contributed by atoms with Gasteiger partial charge in [0.15, 0.2) is 5.69 Å². The minimum atomic E-state index is -0.332. The zero-order chi connectivity index (χ0) is 22.3. The largest absolute Gasteiger partial charge is 0.447 e. The Morgan fingerprint density at radius 1 is 1.06 bits per heavy atom. The van der Waals surface area contributed by atoms with Crippen LogP contribution < -0.4 is 0 Å². The van der Waals surface area contributed by atoms with E-state index in [1.165, 1.54) is 25.5 Å². The van der Waals surface area contributed by atoms with E-state index in [0.29, 0.717) is 37.3 Å². The number of ether oxygens (including phenoxy) is 1. The molecule has 9 heteroatoms. The molecule has 4 rings (SSSR count). The number of carbonyl (C=O) groups excluding carboxylic acids is 1. The van der Waals surface area contributed by atoms with E-state index in [1.807, 2.05) is 11.9 Å². The van der Waals surface area contributed by atoms with Crippen molar-refractivity contribution in [3.05, 3.63) is 17.8 Å². The maximum absolute atomic E-state index is 12.8. The van der Waals surface area contributed by atoms with Gasteiger partial charge in [-0.3, -0.25) is 19.5 Å². The van der Waals surface area contributed by atoms with E-state index in [2.05, 4.69) is 19.7 Å². The second kappa shape index (κ2) is 11.6. The highest BCUT2D eigenvalue weighted by Crippen LogP contribution is 2.23. The normalized spacial score (nSPS) is 23.3. The van der Waals surface area contributed by atoms with Gasteiger partial charge < -0.3 is 19.2 Å². The minimum Gasteiger partial charge on any atom is -0.447 e. The molecule has 1 atom stereocenters. The van der Waals surface area contributed by atoms with Crippen molar-refractivity contribution in [1.29, 1.82) is 0 Å². The fourth-order valence-electron chi connectivity index (χ4n) is 5.06. The zero-order valence-electron chi connectivity index (χ0n) is 19.5. The van der Waals surface area contributed by atoms with Crippen molar-refractivity contribution < 1.29 is 19.1 Å². The molecule has 0 aromatic carbocycles. The lowest BCUT2D eigenvalue weighted by Crippen LogP contribution is -2.50. The Hall–Kier alpha value is -1.52. The van der Waals surface area contributed by atoms with Crippen molar-refractivity contribution in [1.82, 2.24) is 24.6 Å². The number of piperazine rings is 1. The average Bonchev–Trinajstić information content (AvgIpc) is 3.29. The lowest BCUT2D eigenvalue weighted by molar-refractivity contribution is 0.00187. The van der Waals surface area contributed by atoms with Crippen LogP contribution in [-0.4, -0.2) is 120 Å². The van der Waals surface area contributed by atoms with Crippen LogP contribution in [0.4, 0.5) is 0 Å². The lowest BCUT2D eigenvalue weighted by Gasteiger charge is -2.36. The van der Waals surface area contributed by atoms with Crippen LogP contribution in [0.25, 0.3) is 0 Å². The number of aliphatic hydroxyl groups is 1. The van der Waals surface area contributed by atoms with Crippen molar-refractivity contribution in [3.8, 4) is 0 Å². The first-order valence-electron chi connectivity index (χ1n) is 12.2. The Morgan fingerprint density at radius 3 is 2.38 bits per heavy atom. The Kier molecular flexibility index (Phi) is 8.54. The number of hydrogen-bond acceptors (Lipinski definition) is 8. The molecule has 2 aliphatic heterocycles. The summed E-state index contributed by atoms with van der Waals surface area (Å²) in [5, 5.41) is 10.4. The Balaban J connectivity index is 1.18. The molecule has 1 aromatic rings. The standard InChI is InChI=1S/C23H39N5O4/c1-25(19-5-3-2-4-6-19)23(30)21-18-32-22(24-21)17-27-9-7-26(8-10-27)15-20(29)16-28-11-13-31-14-12-28/h18-20,29H,2-17H2,1H3. The van der Waals surface area contributed by atoms with E-state index in [0.717, 1.165) is 65.3 Å². The number of morpholine rings is 1. The van der Waals surface area contributed by atoms with Crippen LogP contribution in [0, 0.1) is 0 Å². The highest BCUT2D eigenvalue weighted by atomic mass is 16.5. The summed E-state index contributed by atoms with van der Waals surface area (Å²) < 4.78 is 11.0. The van der Waals surface area contributed by atoms with Gasteiger partial charge in [0, 0.05) is 65.4 Å². The Bertz CT molecular complexity index is 709. The maximum Gasteiger partial charge on any atom is 0.275 e. The maximum atomic E-state index is 12.8. The molecule has 3 fully saturated rings. The van der Waals surface area contributed by atoms with Crippen LogP contribution in [0.2, 0.25) is 0 Å². The van der Waals surface area contributed by atoms with Gasteiger partial charge in [0.25, 0.3) is 5.91 Å². The molecule has 180 valence electrons. The molecule has 0 radical (unpaired) electrons. The lowest BCUT2D eigenvalue weighted by atomic mass is 9.94. The first-order chi connectivity index (χ1) is 15.6. The summed E-state index contributed by atoms with van der Waals surface area (Å²) in [6.45, 7) is 8.99. The molecule has 0 spiro atoms. The predicted molar refractivity (Wildman–Crippen MR) is 120 cm³/mol. The number of nitrogens with zero attached hydrogens (tertiary/aromatic N) is 5. The molecule has 1 amide bonds. The molecule has 3 heterocycles. The molecule has 1 N–H and O–H groups in total. The van der Waals surface area contributed by atoms with Gasteiger partial charge in [0.2, 0.25) is 5.89 Å². The number of amides is 1. The SMILES string of the molecule is CN(C(=O)c1coc(CN2CCN(CC(O)CN3CCOCC3)CC2)n1)C1CCCCC1. The van der Waals surface area contributed by atoms with Gasteiger partial charge in [-0.05, 0) is 12.8 Å².